The van der Waals surface area contributed by atoms with Crippen LogP contribution in [0.1, 0.15) is 17.9 Å². The fourth-order valence-corrected chi connectivity index (χ4v) is 6.49. The van der Waals surface area contributed by atoms with E-state index in [2.05, 4.69) is 51.7 Å². The summed E-state index contributed by atoms with van der Waals surface area (Å²) in [6.07, 6.45) is 0.496. The zero-order valence-electron chi connectivity index (χ0n) is 18.1. The number of hydrogen-bond donors (Lipinski definition) is 1. The smallest absolute Gasteiger partial charge is 0.236 e. The van der Waals surface area contributed by atoms with E-state index >= 15 is 0 Å². The van der Waals surface area contributed by atoms with E-state index < -0.39 is 0 Å². The van der Waals surface area contributed by atoms with E-state index in [1.54, 1.807) is 0 Å². The predicted octanol–water partition coefficient (Wildman–Crippen LogP) is 3.08. The molecule has 8 heteroatoms. The number of fused-ring (bicyclic) bond motifs is 3. The third kappa shape index (κ3) is 2.49. The van der Waals surface area contributed by atoms with Crippen molar-refractivity contribution in [2.75, 3.05) is 38.1 Å². The number of aromatic nitrogens is 2. The van der Waals surface area contributed by atoms with Crippen LogP contribution in [0.3, 0.4) is 0 Å². The number of benzene rings is 2. The SMILES string of the molecule is CN1CC[N+]2(c3c(CO)nc4n3CCN(c3cccc5cccc(Cl)c35)C4)C[C@@]12CC#N. The van der Waals surface area contributed by atoms with E-state index in [0.717, 1.165) is 76.0 Å². The molecule has 2 saturated heterocycles. The van der Waals surface area contributed by atoms with Crippen molar-refractivity contribution in [3.8, 4) is 6.07 Å². The molecule has 2 atom stereocenters. The molecule has 1 unspecified atom stereocenters. The first-order valence-corrected chi connectivity index (χ1v) is 11.5. The number of aliphatic hydroxyl groups is 1. The zero-order valence-corrected chi connectivity index (χ0v) is 18.9. The summed E-state index contributed by atoms with van der Waals surface area (Å²) in [5, 5.41) is 22.7. The molecule has 0 aliphatic carbocycles. The van der Waals surface area contributed by atoms with Gasteiger partial charge >= 0.3 is 0 Å². The van der Waals surface area contributed by atoms with Crippen molar-refractivity contribution in [1.82, 2.24) is 18.9 Å². The number of rotatable bonds is 4. The van der Waals surface area contributed by atoms with Gasteiger partial charge in [-0.15, -0.1) is 0 Å². The Hall–Kier alpha value is -2.63. The van der Waals surface area contributed by atoms with Crippen LogP contribution in [0, 0.1) is 11.3 Å². The largest absolute Gasteiger partial charge is 0.390 e. The van der Waals surface area contributed by atoms with E-state index in [0.29, 0.717) is 13.0 Å². The number of hydrogen-bond acceptors (Lipinski definition) is 5. The number of anilines is 1. The Kier molecular flexibility index (Phi) is 4.33. The highest BCUT2D eigenvalue weighted by molar-refractivity contribution is 6.36. The topological polar surface area (TPSA) is 68.3 Å². The lowest BCUT2D eigenvalue weighted by molar-refractivity contribution is 0.245. The average molecular weight is 450 g/mol. The van der Waals surface area contributed by atoms with Crippen LogP contribution in [0.4, 0.5) is 11.5 Å². The van der Waals surface area contributed by atoms with Crippen molar-refractivity contribution in [3.63, 3.8) is 0 Å². The van der Waals surface area contributed by atoms with E-state index in [4.69, 9.17) is 16.6 Å². The van der Waals surface area contributed by atoms with Gasteiger partial charge in [0.05, 0.1) is 37.3 Å². The molecular formula is C24H26ClN6O+. The predicted molar refractivity (Wildman–Crippen MR) is 125 cm³/mol. The Morgan fingerprint density at radius 1 is 1.22 bits per heavy atom. The van der Waals surface area contributed by atoms with E-state index in [9.17, 15) is 10.4 Å². The molecule has 0 bridgehead atoms. The third-order valence-electron chi connectivity index (χ3n) is 7.85. The van der Waals surface area contributed by atoms with E-state index in [-0.39, 0.29) is 12.3 Å². The molecule has 2 fully saturated rings. The zero-order chi connectivity index (χ0) is 22.1. The number of nitriles is 1. The summed E-state index contributed by atoms with van der Waals surface area (Å²) >= 11 is 6.59. The summed E-state index contributed by atoms with van der Waals surface area (Å²) in [5.41, 5.74) is 1.70. The molecule has 164 valence electrons. The van der Waals surface area contributed by atoms with Gasteiger partial charge in [-0.25, -0.2) is 14.4 Å². The monoisotopic (exact) mass is 449 g/mol. The fourth-order valence-electron chi connectivity index (χ4n) is 6.21. The Labute approximate surface area is 192 Å². The maximum Gasteiger partial charge on any atom is 0.236 e. The molecular weight excluding hydrogens is 424 g/mol. The first-order valence-electron chi connectivity index (χ1n) is 11.1. The van der Waals surface area contributed by atoms with Gasteiger partial charge in [0.25, 0.3) is 0 Å². The van der Waals surface area contributed by atoms with Gasteiger partial charge in [-0.2, -0.15) is 5.26 Å². The van der Waals surface area contributed by atoms with Crippen molar-refractivity contribution in [2.24, 2.45) is 0 Å². The number of nitrogens with zero attached hydrogens (tertiary/aromatic N) is 6. The second-order valence-electron chi connectivity index (χ2n) is 9.23. The fraction of sp³-hybridized carbons (Fsp3) is 0.417. The lowest BCUT2D eigenvalue weighted by atomic mass is 10.1. The molecule has 7 nitrogen and oxygen atoms in total. The van der Waals surface area contributed by atoms with Crippen molar-refractivity contribution >= 4 is 33.9 Å². The molecule has 0 amide bonds. The molecule has 3 aromatic rings. The van der Waals surface area contributed by atoms with Crippen molar-refractivity contribution in [3.05, 3.63) is 52.9 Å². The number of piperazine rings is 1. The molecule has 3 aliphatic heterocycles. The minimum atomic E-state index is -0.171. The van der Waals surface area contributed by atoms with Gasteiger partial charge in [-0.3, -0.25) is 4.57 Å². The van der Waals surface area contributed by atoms with Crippen LogP contribution in [0.25, 0.3) is 10.8 Å². The Morgan fingerprint density at radius 3 is 2.81 bits per heavy atom. The molecule has 3 aliphatic rings. The lowest BCUT2D eigenvalue weighted by Crippen LogP contribution is -2.41. The summed E-state index contributed by atoms with van der Waals surface area (Å²) < 4.78 is 3.06. The van der Waals surface area contributed by atoms with E-state index in [1.165, 1.54) is 0 Å². The van der Waals surface area contributed by atoms with Crippen molar-refractivity contribution < 1.29 is 5.11 Å². The van der Waals surface area contributed by atoms with Crippen LogP contribution in [0.5, 0.6) is 0 Å². The molecule has 0 spiro atoms. The molecule has 4 heterocycles. The van der Waals surface area contributed by atoms with Crippen LogP contribution in [-0.2, 0) is 19.7 Å². The van der Waals surface area contributed by atoms with Crippen molar-refractivity contribution in [1.29, 1.82) is 5.26 Å². The van der Waals surface area contributed by atoms with Crippen LogP contribution in [-0.4, -0.2) is 58.4 Å². The molecule has 2 aromatic carbocycles. The number of halogens is 1. The number of aliphatic hydroxyl groups excluding tert-OH is 1. The highest BCUT2D eigenvalue weighted by Crippen LogP contribution is 2.56. The van der Waals surface area contributed by atoms with Gasteiger partial charge in [-0.1, -0.05) is 35.9 Å². The molecule has 32 heavy (non-hydrogen) atoms. The average Bonchev–Trinajstić information content (AvgIpc) is 3.17. The normalized spacial score (nSPS) is 26.8. The van der Waals surface area contributed by atoms with Crippen LogP contribution in [0.2, 0.25) is 5.02 Å². The maximum absolute atomic E-state index is 10.2. The van der Waals surface area contributed by atoms with E-state index in [1.807, 2.05) is 12.1 Å². The second-order valence-corrected chi connectivity index (χ2v) is 9.64. The first-order chi connectivity index (χ1) is 15.5. The molecule has 0 radical (unpaired) electrons. The van der Waals surface area contributed by atoms with Gasteiger partial charge < -0.3 is 10.0 Å². The summed E-state index contributed by atoms with van der Waals surface area (Å²) in [4.78, 5) is 9.56. The van der Waals surface area contributed by atoms with Gasteiger partial charge in [0.15, 0.2) is 6.54 Å². The Morgan fingerprint density at radius 2 is 2.03 bits per heavy atom. The minimum absolute atomic E-state index is 0.0816. The second kappa shape index (κ2) is 6.93. The van der Waals surface area contributed by atoms with Crippen LogP contribution in [0.15, 0.2) is 36.4 Å². The van der Waals surface area contributed by atoms with Gasteiger partial charge in [0.1, 0.15) is 17.9 Å². The molecule has 6 rings (SSSR count). The lowest BCUT2D eigenvalue weighted by Gasteiger charge is -2.32. The number of imidazole rings is 1. The molecule has 0 saturated carbocycles. The standard InChI is InChI=1S/C24H26ClN6O/c1-28-12-13-31(16-24(28,31)8-9-26)23-19(15-32)27-21-14-29(10-11-30(21)23)20-7-3-5-17-4-2-6-18(25)22(17)20/h2-7,32H,8,10-16H2,1H3/q+1/t24-,31?/m0/s1. The van der Waals surface area contributed by atoms with Crippen LogP contribution >= 0.6 is 11.6 Å². The summed E-state index contributed by atoms with van der Waals surface area (Å²) in [7, 11) is 2.11. The Balaban J connectivity index is 1.41. The highest BCUT2D eigenvalue weighted by Gasteiger charge is 2.78. The quantitative estimate of drug-likeness (QED) is 0.489. The number of likely N-dealkylation sites (N-methyl/N-ethyl adjacent to an activating group) is 1. The van der Waals surface area contributed by atoms with Gasteiger partial charge in [0, 0.05) is 24.2 Å². The maximum atomic E-state index is 10.2. The van der Waals surface area contributed by atoms with Crippen LogP contribution < -0.4 is 9.38 Å². The summed E-state index contributed by atoms with van der Waals surface area (Å²) in [6.45, 7) is 5.04. The highest BCUT2D eigenvalue weighted by atomic mass is 35.5. The van der Waals surface area contributed by atoms with Gasteiger partial charge in [0.2, 0.25) is 11.5 Å². The summed E-state index contributed by atoms with van der Waals surface area (Å²) in [5.74, 6) is 2.08. The third-order valence-corrected chi connectivity index (χ3v) is 8.16. The van der Waals surface area contributed by atoms with Gasteiger partial charge in [-0.05, 0) is 24.6 Å². The molecule has 1 aromatic heterocycles. The molecule has 1 N–H and O–H groups in total. The Bertz CT molecular complexity index is 1280. The minimum Gasteiger partial charge on any atom is -0.390 e. The number of quaternary nitrogens is 1. The summed E-state index contributed by atoms with van der Waals surface area (Å²) in [6, 6.07) is 14.7. The first kappa shape index (κ1) is 20.0. The van der Waals surface area contributed by atoms with Crippen molar-refractivity contribution in [2.45, 2.75) is 31.8 Å².